The molecule has 1 saturated carbocycles. The lowest BCUT2D eigenvalue weighted by Crippen LogP contribution is -2.26. The molecule has 0 aromatic carbocycles. The Kier molecular flexibility index (Phi) is 4.47. The van der Waals surface area contributed by atoms with Crippen LogP contribution in [0, 0.1) is 5.92 Å². The standard InChI is InChI=1S/C16H24ClN3/c1-12-3-2-9-20(10-8-12)16-7-6-14(17)15(19-16)11-18-13-4-5-13/h6-7,12-13,18H,2-5,8-11H2,1H3. The van der Waals surface area contributed by atoms with Gasteiger partial charge < -0.3 is 10.2 Å². The summed E-state index contributed by atoms with van der Waals surface area (Å²) in [4.78, 5) is 7.21. The van der Waals surface area contributed by atoms with E-state index in [-0.39, 0.29) is 0 Å². The summed E-state index contributed by atoms with van der Waals surface area (Å²) in [7, 11) is 0. The second-order valence-corrected chi connectivity index (χ2v) is 6.68. The van der Waals surface area contributed by atoms with Crippen LogP contribution < -0.4 is 10.2 Å². The lowest BCUT2D eigenvalue weighted by molar-refractivity contribution is 0.521. The molecule has 1 unspecified atom stereocenters. The van der Waals surface area contributed by atoms with Crippen molar-refractivity contribution in [3.05, 3.63) is 22.8 Å². The highest BCUT2D eigenvalue weighted by Gasteiger charge is 2.21. The van der Waals surface area contributed by atoms with E-state index >= 15 is 0 Å². The number of hydrogen-bond donors (Lipinski definition) is 1. The molecule has 110 valence electrons. The third-order valence-electron chi connectivity index (χ3n) is 4.38. The molecular weight excluding hydrogens is 270 g/mol. The fourth-order valence-corrected chi connectivity index (χ4v) is 2.97. The van der Waals surface area contributed by atoms with Gasteiger partial charge >= 0.3 is 0 Å². The van der Waals surface area contributed by atoms with Gasteiger partial charge in [0.2, 0.25) is 0 Å². The summed E-state index contributed by atoms with van der Waals surface area (Å²) in [5.74, 6) is 1.93. The summed E-state index contributed by atoms with van der Waals surface area (Å²) < 4.78 is 0. The second-order valence-electron chi connectivity index (χ2n) is 6.28. The van der Waals surface area contributed by atoms with Crippen LogP contribution in [0.1, 0.15) is 44.7 Å². The summed E-state index contributed by atoms with van der Waals surface area (Å²) in [5.41, 5.74) is 0.994. The molecule has 1 aromatic heterocycles. The minimum atomic E-state index is 0.690. The van der Waals surface area contributed by atoms with Gasteiger partial charge in [-0.25, -0.2) is 4.98 Å². The third kappa shape index (κ3) is 3.64. The molecule has 2 aliphatic rings. The Hall–Kier alpha value is -0.800. The number of halogens is 1. The fraction of sp³-hybridized carbons (Fsp3) is 0.688. The van der Waals surface area contributed by atoms with E-state index in [9.17, 15) is 0 Å². The van der Waals surface area contributed by atoms with Crippen LogP contribution >= 0.6 is 11.6 Å². The molecule has 1 aromatic rings. The van der Waals surface area contributed by atoms with Crippen LogP contribution in [0.25, 0.3) is 0 Å². The summed E-state index contributed by atoms with van der Waals surface area (Å²) >= 11 is 6.27. The maximum absolute atomic E-state index is 6.27. The van der Waals surface area contributed by atoms with Crippen molar-refractivity contribution in [1.82, 2.24) is 10.3 Å². The number of nitrogens with one attached hydrogen (secondary N) is 1. The van der Waals surface area contributed by atoms with Gasteiger partial charge in [0.1, 0.15) is 5.82 Å². The van der Waals surface area contributed by atoms with Gasteiger partial charge in [-0.2, -0.15) is 0 Å². The van der Waals surface area contributed by atoms with Gasteiger partial charge in [-0.3, -0.25) is 0 Å². The minimum absolute atomic E-state index is 0.690. The number of pyridine rings is 1. The molecule has 1 atom stereocenters. The third-order valence-corrected chi connectivity index (χ3v) is 4.72. The van der Waals surface area contributed by atoms with E-state index in [0.717, 1.165) is 42.1 Å². The number of aromatic nitrogens is 1. The molecule has 1 aliphatic heterocycles. The van der Waals surface area contributed by atoms with Crippen molar-refractivity contribution >= 4 is 17.4 Å². The predicted octanol–water partition coefficient (Wildman–Crippen LogP) is 3.61. The lowest BCUT2D eigenvalue weighted by Gasteiger charge is -2.22. The Labute approximate surface area is 126 Å². The zero-order chi connectivity index (χ0) is 13.9. The van der Waals surface area contributed by atoms with E-state index in [4.69, 9.17) is 16.6 Å². The van der Waals surface area contributed by atoms with Crippen LogP contribution in [0.15, 0.2) is 12.1 Å². The average molecular weight is 294 g/mol. The first-order chi connectivity index (χ1) is 9.72. The highest BCUT2D eigenvalue weighted by Crippen LogP contribution is 2.25. The topological polar surface area (TPSA) is 28.2 Å². The predicted molar refractivity (Wildman–Crippen MR) is 84.3 cm³/mol. The number of rotatable bonds is 4. The molecule has 4 heteroatoms. The normalized spacial score (nSPS) is 23.7. The number of hydrogen-bond acceptors (Lipinski definition) is 3. The Morgan fingerprint density at radius 1 is 1.25 bits per heavy atom. The molecule has 3 nitrogen and oxygen atoms in total. The quantitative estimate of drug-likeness (QED) is 0.919. The molecule has 0 amide bonds. The van der Waals surface area contributed by atoms with Gasteiger partial charge in [-0.05, 0) is 50.2 Å². The Morgan fingerprint density at radius 2 is 2.10 bits per heavy atom. The van der Waals surface area contributed by atoms with Gasteiger partial charge in [0.05, 0.1) is 10.7 Å². The molecule has 1 aliphatic carbocycles. The van der Waals surface area contributed by atoms with E-state index < -0.39 is 0 Å². The van der Waals surface area contributed by atoms with Crippen molar-refractivity contribution in [2.24, 2.45) is 5.92 Å². The lowest BCUT2D eigenvalue weighted by atomic mass is 10.0. The first kappa shape index (κ1) is 14.2. The maximum Gasteiger partial charge on any atom is 0.128 e. The molecule has 2 fully saturated rings. The van der Waals surface area contributed by atoms with Gasteiger partial charge in [0, 0.05) is 25.7 Å². The van der Waals surface area contributed by atoms with Crippen molar-refractivity contribution in [1.29, 1.82) is 0 Å². The van der Waals surface area contributed by atoms with Crippen molar-refractivity contribution in [2.45, 2.75) is 51.6 Å². The van der Waals surface area contributed by atoms with Crippen molar-refractivity contribution in [3.63, 3.8) is 0 Å². The van der Waals surface area contributed by atoms with E-state index in [2.05, 4.69) is 23.2 Å². The largest absolute Gasteiger partial charge is 0.357 e. The van der Waals surface area contributed by atoms with Gasteiger partial charge in [-0.1, -0.05) is 18.5 Å². The second kappa shape index (κ2) is 6.31. The molecule has 1 saturated heterocycles. The minimum Gasteiger partial charge on any atom is -0.357 e. The van der Waals surface area contributed by atoms with E-state index in [0.29, 0.717) is 6.04 Å². The molecule has 3 rings (SSSR count). The van der Waals surface area contributed by atoms with Gasteiger partial charge in [0.15, 0.2) is 0 Å². The Balaban J connectivity index is 1.69. The van der Waals surface area contributed by atoms with Gasteiger partial charge in [-0.15, -0.1) is 0 Å². The molecule has 1 N–H and O–H groups in total. The summed E-state index contributed by atoms with van der Waals surface area (Å²) in [6.45, 7) is 5.38. The maximum atomic E-state index is 6.27. The zero-order valence-electron chi connectivity index (χ0n) is 12.2. The highest BCUT2D eigenvalue weighted by molar-refractivity contribution is 6.31. The molecule has 0 radical (unpaired) electrons. The smallest absolute Gasteiger partial charge is 0.128 e. The zero-order valence-corrected chi connectivity index (χ0v) is 13.0. The summed E-state index contributed by atoms with van der Waals surface area (Å²) in [5, 5.41) is 4.28. The Morgan fingerprint density at radius 3 is 2.90 bits per heavy atom. The van der Waals surface area contributed by atoms with Crippen LogP contribution in [0.4, 0.5) is 5.82 Å². The highest BCUT2D eigenvalue weighted by atomic mass is 35.5. The molecule has 0 bridgehead atoms. The monoisotopic (exact) mass is 293 g/mol. The van der Waals surface area contributed by atoms with Crippen LogP contribution in [0.5, 0.6) is 0 Å². The molecule has 20 heavy (non-hydrogen) atoms. The van der Waals surface area contributed by atoms with Crippen LogP contribution in [-0.4, -0.2) is 24.1 Å². The van der Waals surface area contributed by atoms with E-state index in [1.54, 1.807) is 0 Å². The molecule has 2 heterocycles. The van der Waals surface area contributed by atoms with Crippen LogP contribution in [0.3, 0.4) is 0 Å². The summed E-state index contributed by atoms with van der Waals surface area (Å²) in [6.07, 6.45) is 6.45. The van der Waals surface area contributed by atoms with Crippen molar-refractivity contribution in [3.8, 4) is 0 Å². The van der Waals surface area contributed by atoms with E-state index in [1.165, 1.54) is 32.1 Å². The van der Waals surface area contributed by atoms with Crippen molar-refractivity contribution < 1.29 is 0 Å². The van der Waals surface area contributed by atoms with Crippen molar-refractivity contribution in [2.75, 3.05) is 18.0 Å². The van der Waals surface area contributed by atoms with E-state index in [1.807, 2.05) is 6.07 Å². The SMILES string of the molecule is CC1CCCN(c2ccc(Cl)c(CNC3CC3)n2)CC1. The average Bonchev–Trinajstić information content (AvgIpc) is 3.26. The van der Waals surface area contributed by atoms with Crippen LogP contribution in [-0.2, 0) is 6.54 Å². The van der Waals surface area contributed by atoms with Crippen LogP contribution in [0.2, 0.25) is 5.02 Å². The first-order valence-corrected chi connectivity index (χ1v) is 8.24. The Bertz CT molecular complexity index is 459. The first-order valence-electron chi connectivity index (χ1n) is 7.86. The van der Waals surface area contributed by atoms with Gasteiger partial charge in [0.25, 0.3) is 0 Å². The number of nitrogens with zero attached hydrogens (tertiary/aromatic N) is 2. The molecule has 0 spiro atoms. The fourth-order valence-electron chi connectivity index (χ4n) is 2.79. The number of anilines is 1. The molecular formula is C16H24ClN3. The summed E-state index contributed by atoms with van der Waals surface area (Å²) in [6, 6.07) is 4.76.